The minimum absolute atomic E-state index is 0.199. The molecule has 0 saturated carbocycles. The van der Waals surface area contributed by atoms with Gasteiger partial charge in [-0.1, -0.05) is 6.92 Å². The lowest BCUT2D eigenvalue weighted by atomic mass is 9.99. The van der Waals surface area contributed by atoms with Crippen LogP contribution in [0.1, 0.15) is 12.5 Å². The molecule has 0 bridgehead atoms. The number of carbonyl (C=O) groups is 1. The number of hydrogen-bond donors (Lipinski definition) is 1. The van der Waals surface area contributed by atoms with Gasteiger partial charge in [0, 0.05) is 31.2 Å². The Bertz CT molecular complexity index is 406. The molecule has 0 aliphatic carbocycles. The minimum Gasteiger partial charge on any atom is -0.481 e. The highest BCUT2D eigenvalue weighted by molar-refractivity contribution is 5.72. The number of pyridine rings is 1. The van der Waals surface area contributed by atoms with E-state index in [-0.39, 0.29) is 11.8 Å². The number of rotatable bonds is 2. The van der Waals surface area contributed by atoms with Gasteiger partial charge in [-0.2, -0.15) is 0 Å². The molecule has 2 heterocycles. The van der Waals surface area contributed by atoms with Crippen molar-refractivity contribution in [3.05, 3.63) is 24.0 Å². The van der Waals surface area contributed by atoms with E-state index in [0.717, 1.165) is 17.8 Å². The zero-order valence-electron chi connectivity index (χ0n) is 9.55. The summed E-state index contributed by atoms with van der Waals surface area (Å²) in [7, 11) is 0. The molecular formula is C12H16N2O2. The Morgan fingerprint density at radius 2 is 2.31 bits per heavy atom. The van der Waals surface area contributed by atoms with Gasteiger partial charge in [-0.05, 0) is 24.5 Å². The first-order valence-corrected chi connectivity index (χ1v) is 5.48. The van der Waals surface area contributed by atoms with E-state index in [0.29, 0.717) is 6.54 Å². The monoisotopic (exact) mass is 220 g/mol. The van der Waals surface area contributed by atoms with Crippen LogP contribution >= 0.6 is 0 Å². The Kier molecular flexibility index (Phi) is 2.81. The maximum absolute atomic E-state index is 11.0. The van der Waals surface area contributed by atoms with E-state index in [1.54, 1.807) is 6.20 Å². The molecule has 4 nitrogen and oxygen atoms in total. The fraction of sp³-hybridized carbons (Fsp3) is 0.500. The van der Waals surface area contributed by atoms with Crippen LogP contribution in [-0.2, 0) is 4.79 Å². The van der Waals surface area contributed by atoms with Crippen molar-refractivity contribution in [2.24, 2.45) is 11.8 Å². The molecule has 1 saturated heterocycles. The van der Waals surface area contributed by atoms with Gasteiger partial charge in [0.1, 0.15) is 0 Å². The highest BCUT2D eigenvalue weighted by Gasteiger charge is 2.35. The number of hydrogen-bond acceptors (Lipinski definition) is 3. The van der Waals surface area contributed by atoms with Gasteiger partial charge in [-0.15, -0.1) is 0 Å². The Morgan fingerprint density at radius 1 is 1.56 bits per heavy atom. The zero-order chi connectivity index (χ0) is 11.7. The molecule has 1 aromatic rings. The van der Waals surface area contributed by atoms with Crippen LogP contribution in [0, 0.1) is 18.8 Å². The van der Waals surface area contributed by atoms with Crippen LogP contribution < -0.4 is 4.90 Å². The first kappa shape index (κ1) is 10.9. The third-order valence-electron chi connectivity index (χ3n) is 3.26. The summed E-state index contributed by atoms with van der Waals surface area (Å²) in [5.41, 5.74) is 2.20. The number of aliphatic carboxylic acids is 1. The summed E-state index contributed by atoms with van der Waals surface area (Å²) < 4.78 is 0. The van der Waals surface area contributed by atoms with Crippen LogP contribution in [0.25, 0.3) is 0 Å². The summed E-state index contributed by atoms with van der Waals surface area (Å²) in [6.07, 6.45) is 3.56. The lowest BCUT2D eigenvalue weighted by Crippen LogP contribution is -2.23. The Hall–Kier alpha value is -1.58. The molecule has 0 radical (unpaired) electrons. The van der Waals surface area contributed by atoms with Crippen molar-refractivity contribution in [3.8, 4) is 0 Å². The van der Waals surface area contributed by atoms with Crippen LogP contribution in [0.5, 0.6) is 0 Å². The van der Waals surface area contributed by atoms with Gasteiger partial charge >= 0.3 is 5.97 Å². The zero-order valence-corrected chi connectivity index (χ0v) is 9.55. The molecule has 1 aromatic heterocycles. The molecule has 2 atom stereocenters. The molecule has 16 heavy (non-hydrogen) atoms. The predicted molar refractivity (Wildman–Crippen MR) is 61.5 cm³/mol. The average molecular weight is 220 g/mol. The number of aromatic nitrogens is 1. The normalized spacial score (nSPS) is 24.8. The second-order valence-corrected chi connectivity index (χ2v) is 4.49. The largest absolute Gasteiger partial charge is 0.481 e. The molecule has 1 aliphatic rings. The molecule has 0 aromatic carbocycles. The lowest BCUT2D eigenvalue weighted by Gasteiger charge is -2.19. The van der Waals surface area contributed by atoms with Crippen molar-refractivity contribution >= 4 is 11.7 Å². The minimum atomic E-state index is -0.693. The number of nitrogens with zero attached hydrogens (tertiary/aromatic N) is 2. The second-order valence-electron chi connectivity index (χ2n) is 4.49. The molecule has 2 rings (SSSR count). The molecule has 1 fully saturated rings. The van der Waals surface area contributed by atoms with Crippen molar-refractivity contribution < 1.29 is 9.90 Å². The fourth-order valence-corrected chi connectivity index (χ4v) is 2.31. The van der Waals surface area contributed by atoms with E-state index in [2.05, 4.69) is 9.88 Å². The fourth-order valence-electron chi connectivity index (χ4n) is 2.31. The Labute approximate surface area is 94.9 Å². The van der Waals surface area contributed by atoms with Gasteiger partial charge in [-0.25, -0.2) is 0 Å². The predicted octanol–water partition coefficient (Wildman–Crippen LogP) is 1.55. The van der Waals surface area contributed by atoms with Gasteiger partial charge < -0.3 is 10.0 Å². The second kappa shape index (κ2) is 4.12. The summed E-state index contributed by atoms with van der Waals surface area (Å²) in [6.45, 7) is 5.40. The van der Waals surface area contributed by atoms with Crippen LogP contribution in [0.15, 0.2) is 18.5 Å². The SMILES string of the molecule is Cc1cnccc1N1CC(C)C(C(=O)O)C1. The third kappa shape index (κ3) is 1.87. The first-order chi connectivity index (χ1) is 7.59. The maximum atomic E-state index is 11.0. The molecule has 0 amide bonds. The van der Waals surface area contributed by atoms with Crippen molar-refractivity contribution in [1.82, 2.24) is 4.98 Å². The van der Waals surface area contributed by atoms with Gasteiger partial charge in [0.15, 0.2) is 0 Å². The molecule has 1 N–H and O–H groups in total. The van der Waals surface area contributed by atoms with E-state index in [1.807, 2.05) is 26.1 Å². The standard InChI is InChI=1S/C12H16N2O2/c1-8-5-13-4-3-11(8)14-6-9(2)10(7-14)12(15)16/h3-5,9-10H,6-7H2,1-2H3,(H,15,16). The van der Waals surface area contributed by atoms with Crippen molar-refractivity contribution in [2.75, 3.05) is 18.0 Å². The number of anilines is 1. The smallest absolute Gasteiger partial charge is 0.308 e. The highest BCUT2D eigenvalue weighted by Crippen LogP contribution is 2.29. The summed E-state index contributed by atoms with van der Waals surface area (Å²) in [6, 6.07) is 1.95. The summed E-state index contributed by atoms with van der Waals surface area (Å²) in [5, 5.41) is 9.08. The van der Waals surface area contributed by atoms with Crippen LogP contribution in [0.2, 0.25) is 0 Å². The van der Waals surface area contributed by atoms with E-state index >= 15 is 0 Å². The number of aryl methyl sites for hydroxylation is 1. The molecule has 4 heteroatoms. The van der Waals surface area contributed by atoms with E-state index in [1.165, 1.54) is 0 Å². The van der Waals surface area contributed by atoms with Crippen molar-refractivity contribution in [3.63, 3.8) is 0 Å². The lowest BCUT2D eigenvalue weighted by molar-refractivity contribution is -0.142. The highest BCUT2D eigenvalue weighted by atomic mass is 16.4. The van der Waals surface area contributed by atoms with E-state index in [9.17, 15) is 4.79 Å². The summed E-state index contributed by atoms with van der Waals surface area (Å²) in [4.78, 5) is 17.2. The van der Waals surface area contributed by atoms with E-state index in [4.69, 9.17) is 5.11 Å². The van der Waals surface area contributed by atoms with Gasteiger partial charge in [0.25, 0.3) is 0 Å². The van der Waals surface area contributed by atoms with Crippen LogP contribution in [-0.4, -0.2) is 29.1 Å². The summed E-state index contributed by atoms with van der Waals surface area (Å²) >= 11 is 0. The van der Waals surface area contributed by atoms with E-state index < -0.39 is 5.97 Å². The van der Waals surface area contributed by atoms with Crippen LogP contribution in [0.3, 0.4) is 0 Å². The van der Waals surface area contributed by atoms with Crippen molar-refractivity contribution in [2.45, 2.75) is 13.8 Å². The first-order valence-electron chi connectivity index (χ1n) is 5.48. The van der Waals surface area contributed by atoms with Gasteiger partial charge in [0.2, 0.25) is 0 Å². The molecule has 86 valence electrons. The Balaban J connectivity index is 2.20. The number of carboxylic acids is 1. The molecule has 0 spiro atoms. The molecule has 2 unspecified atom stereocenters. The van der Waals surface area contributed by atoms with Gasteiger partial charge in [0.05, 0.1) is 5.92 Å². The Morgan fingerprint density at radius 3 is 2.88 bits per heavy atom. The maximum Gasteiger partial charge on any atom is 0.308 e. The third-order valence-corrected chi connectivity index (χ3v) is 3.26. The molecule has 1 aliphatic heterocycles. The van der Waals surface area contributed by atoms with Crippen LogP contribution in [0.4, 0.5) is 5.69 Å². The topological polar surface area (TPSA) is 53.4 Å². The van der Waals surface area contributed by atoms with Crippen molar-refractivity contribution in [1.29, 1.82) is 0 Å². The van der Waals surface area contributed by atoms with Gasteiger partial charge in [-0.3, -0.25) is 9.78 Å². The quantitative estimate of drug-likeness (QED) is 0.821. The number of carboxylic acid groups (broad SMARTS) is 1. The average Bonchev–Trinajstić information content (AvgIpc) is 2.61. The summed E-state index contributed by atoms with van der Waals surface area (Å²) in [5.74, 6) is -0.751. The molecular weight excluding hydrogens is 204 g/mol.